The summed E-state index contributed by atoms with van der Waals surface area (Å²) in [4.78, 5) is 13.4. The molecule has 7 nitrogen and oxygen atoms in total. The average Bonchev–Trinajstić information content (AvgIpc) is 3.29. The molecule has 1 fully saturated rings. The quantitative estimate of drug-likeness (QED) is 0.489. The SMILES string of the molecule is O=C(NCCO)N1CCC(c2ccc(C(O)(C(F)(F)F)C(F)(F)F)cc2)(S(=O)(=O)c2ccccc2)C1. The second-order valence-electron chi connectivity index (χ2n) is 8.22. The summed E-state index contributed by atoms with van der Waals surface area (Å²) in [5.41, 5.74) is -6.86. The minimum absolute atomic E-state index is 0.0971. The predicted octanol–water partition coefficient (Wildman–Crippen LogP) is 3.08. The van der Waals surface area contributed by atoms with Crippen molar-refractivity contribution in [2.24, 2.45) is 0 Å². The molecule has 0 saturated carbocycles. The lowest BCUT2D eigenvalue weighted by Gasteiger charge is -2.34. The van der Waals surface area contributed by atoms with Crippen molar-refractivity contribution >= 4 is 15.9 Å². The van der Waals surface area contributed by atoms with E-state index in [1.54, 1.807) is 6.07 Å². The van der Waals surface area contributed by atoms with Crippen molar-refractivity contribution in [3.05, 3.63) is 65.7 Å². The van der Waals surface area contributed by atoms with Gasteiger partial charge in [-0.2, -0.15) is 26.3 Å². The molecule has 14 heteroatoms. The van der Waals surface area contributed by atoms with Crippen LogP contribution in [0, 0.1) is 0 Å². The number of rotatable bonds is 6. The molecule has 0 radical (unpaired) electrons. The van der Waals surface area contributed by atoms with E-state index in [2.05, 4.69) is 5.32 Å². The summed E-state index contributed by atoms with van der Waals surface area (Å²) >= 11 is 0. The lowest BCUT2D eigenvalue weighted by Crippen LogP contribution is -2.54. The fourth-order valence-corrected chi connectivity index (χ4v) is 6.27. The van der Waals surface area contributed by atoms with Crippen LogP contribution >= 0.6 is 0 Å². The first-order chi connectivity index (χ1) is 16.6. The predicted molar refractivity (Wildman–Crippen MR) is 114 cm³/mol. The number of carbonyl (C=O) groups excluding carboxylic acids is 1. The maximum atomic E-state index is 13.7. The molecule has 0 aliphatic carbocycles. The Morgan fingerprint density at radius 1 is 0.972 bits per heavy atom. The van der Waals surface area contributed by atoms with Crippen molar-refractivity contribution in [2.45, 2.75) is 34.0 Å². The number of nitrogens with zero attached hydrogens (tertiary/aromatic N) is 1. The minimum atomic E-state index is -6.10. The molecule has 36 heavy (non-hydrogen) atoms. The number of amides is 2. The van der Waals surface area contributed by atoms with Crippen LogP contribution in [0.15, 0.2) is 59.5 Å². The van der Waals surface area contributed by atoms with Crippen LogP contribution < -0.4 is 5.32 Å². The van der Waals surface area contributed by atoms with E-state index in [0.717, 1.165) is 17.0 Å². The number of aliphatic hydroxyl groups excluding tert-OH is 1. The van der Waals surface area contributed by atoms with Gasteiger partial charge in [0.1, 0.15) is 4.75 Å². The van der Waals surface area contributed by atoms with E-state index < -0.39 is 50.7 Å². The van der Waals surface area contributed by atoms with Crippen molar-refractivity contribution < 1.29 is 49.8 Å². The minimum Gasteiger partial charge on any atom is -0.395 e. The Bertz CT molecular complexity index is 1170. The highest BCUT2D eigenvalue weighted by Crippen LogP contribution is 2.51. The summed E-state index contributed by atoms with van der Waals surface area (Å²) < 4.78 is 105. The number of carbonyl (C=O) groups is 1. The molecule has 2 aromatic rings. The van der Waals surface area contributed by atoms with Gasteiger partial charge >= 0.3 is 18.4 Å². The Kier molecular flexibility index (Phi) is 7.37. The van der Waals surface area contributed by atoms with Gasteiger partial charge in [0.25, 0.3) is 5.60 Å². The standard InChI is InChI=1S/C22H22F6N2O5S/c23-21(24,25)20(33,22(26,27)28)16-8-6-15(7-9-16)19(36(34,35)17-4-2-1-3-5-17)10-12-30(14-19)18(32)29-11-13-31/h1-9,31,33H,10-14H2,(H,29,32). The zero-order chi connectivity index (χ0) is 27.0. The zero-order valence-electron chi connectivity index (χ0n) is 18.5. The molecule has 1 saturated heterocycles. The molecular weight excluding hydrogens is 518 g/mol. The summed E-state index contributed by atoms with van der Waals surface area (Å²) in [7, 11) is -4.32. The number of urea groups is 1. The number of benzene rings is 2. The van der Waals surface area contributed by atoms with Crippen LogP contribution in [-0.4, -0.2) is 68.2 Å². The number of alkyl halides is 6. The van der Waals surface area contributed by atoms with Gasteiger partial charge in [-0.05, 0) is 24.1 Å². The maximum Gasteiger partial charge on any atom is 0.430 e. The summed E-state index contributed by atoms with van der Waals surface area (Å²) in [6.07, 6.45) is -12.4. The first-order valence-electron chi connectivity index (χ1n) is 10.5. The van der Waals surface area contributed by atoms with Gasteiger partial charge in [-0.1, -0.05) is 42.5 Å². The van der Waals surface area contributed by atoms with E-state index in [1.165, 1.54) is 24.3 Å². The van der Waals surface area contributed by atoms with Crippen LogP contribution in [-0.2, 0) is 20.2 Å². The van der Waals surface area contributed by atoms with Crippen LogP contribution in [0.4, 0.5) is 31.1 Å². The van der Waals surface area contributed by atoms with E-state index in [9.17, 15) is 44.7 Å². The van der Waals surface area contributed by atoms with Crippen molar-refractivity contribution in [3.63, 3.8) is 0 Å². The van der Waals surface area contributed by atoms with Gasteiger partial charge in [-0.3, -0.25) is 0 Å². The second kappa shape index (κ2) is 9.56. The smallest absolute Gasteiger partial charge is 0.395 e. The highest BCUT2D eigenvalue weighted by atomic mass is 32.2. The van der Waals surface area contributed by atoms with Gasteiger partial charge in [-0.15, -0.1) is 0 Å². The van der Waals surface area contributed by atoms with Gasteiger partial charge in [0.2, 0.25) is 0 Å². The van der Waals surface area contributed by atoms with Gasteiger partial charge in [0.05, 0.1) is 11.5 Å². The monoisotopic (exact) mass is 540 g/mol. The molecule has 198 valence electrons. The summed E-state index contributed by atoms with van der Waals surface area (Å²) in [6, 6.07) is 8.64. The Morgan fingerprint density at radius 3 is 2.03 bits per heavy atom. The lowest BCUT2D eigenvalue weighted by molar-refractivity contribution is -0.376. The molecule has 0 spiro atoms. The fraction of sp³-hybridized carbons (Fsp3) is 0.409. The first kappa shape index (κ1) is 27.7. The number of aliphatic hydroxyl groups is 2. The summed E-state index contributed by atoms with van der Waals surface area (Å²) in [5.74, 6) is 0. The normalized spacial score (nSPS) is 19.4. The van der Waals surface area contributed by atoms with Crippen molar-refractivity contribution in [2.75, 3.05) is 26.2 Å². The molecule has 0 bridgehead atoms. The molecule has 1 atom stereocenters. The number of hydrogen-bond donors (Lipinski definition) is 3. The molecule has 2 amide bonds. The molecule has 1 aliphatic heterocycles. The van der Waals surface area contributed by atoms with E-state index in [1.807, 2.05) is 0 Å². The van der Waals surface area contributed by atoms with E-state index in [0.29, 0.717) is 12.1 Å². The fourth-order valence-electron chi connectivity index (χ4n) is 4.17. The number of halogens is 6. The van der Waals surface area contributed by atoms with E-state index in [-0.39, 0.29) is 36.6 Å². The molecule has 3 rings (SSSR count). The third kappa shape index (κ3) is 4.52. The molecule has 1 unspecified atom stereocenters. The van der Waals surface area contributed by atoms with E-state index in [4.69, 9.17) is 5.11 Å². The molecular formula is C22H22F6N2O5S. The van der Waals surface area contributed by atoms with Gasteiger partial charge in [0.15, 0.2) is 9.84 Å². The van der Waals surface area contributed by atoms with Gasteiger partial charge < -0.3 is 20.4 Å². The van der Waals surface area contributed by atoms with Crippen molar-refractivity contribution in [1.29, 1.82) is 0 Å². The topological polar surface area (TPSA) is 107 Å². The Morgan fingerprint density at radius 2 is 1.53 bits per heavy atom. The van der Waals surface area contributed by atoms with Crippen LogP contribution in [0.3, 0.4) is 0 Å². The number of hydrogen-bond acceptors (Lipinski definition) is 5. The molecule has 2 aromatic carbocycles. The third-order valence-corrected chi connectivity index (χ3v) is 8.61. The van der Waals surface area contributed by atoms with Gasteiger partial charge in [0, 0.05) is 25.2 Å². The van der Waals surface area contributed by atoms with E-state index >= 15 is 0 Å². The Balaban J connectivity index is 2.13. The highest BCUT2D eigenvalue weighted by molar-refractivity contribution is 7.92. The molecule has 3 N–H and O–H groups in total. The van der Waals surface area contributed by atoms with Crippen LogP contribution in [0.25, 0.3) is 0 Å². The number of sulfone groups is 1. The summed E-state index contributed by atoms with van der Waals surface area (Å²) in [5, 5.41) is 21.0. The molecule has 0 aromatic heterocycles. The van der Waals surface area contributed by atoms with Crippen molar-refractivity contribution in [1.82, 2.24) is 10.2 Å². The lowest BCUT2D eigenvalue weighted by atomic mass is 9.89. The van der Waals surface area contributed by atoms with Gasteiger partial charge in [-0.25, -0.2) is 13.2 Å². The Labute approximate surface area is 202 Å². The van der Waals surface area contributed by atoms with Crippen LogP contribution in [0.2, 0.25) is 0 Å². The average molecular weight is 540 g/mol. The Hall–Kier alpha value is -2.84. The van der Waals surface area contributed by atoms with Crippen LogP contribution in [0.1, 0.15) is 17.5 Å². The molecule has 1 aliphatic rings. The largest absolute Gasteiger partial charge is 0.430 e. The first-order valence-corrected chi connectivity index (χ1v) is 12.0. The number of likely N-dealkylation sites (tertiary alicyclic amines) is 1. The zero-order valence-corrected chi connectivity index (χ0v) is 19.3. The van der Waals surface area contributed by atoms with Crippen molar-refractivity contribution in [3.8, 4) is 0 Å². The van der Waals surface area contributed by atoms with Crippen LogP contribution in [0.5, 0.6) is 0 Å². The summed E-state index contributed by atoms with van der Waals surface area (Å²) in [6.45, 7) is -1.05. The maximum absolute atomic E-state index is 13.7. The highest BCUT2D eigenvalue weighted by Gasteiger charge is 2.71. The number of nitrogens with one attached hydrogen (secondary N) is 1. The second-order valence-corrected chi connectivity index (χ2v) is 10.5. The molecule has 1 heterocycles. The third-order valence-electron chi connectivity index (χ3n) is 6.12.